The highest BCUT2D eigenvalue weighted by Crippen LogP contribution is 2.63. The summed E-state index contributed by atoms with van der Waals surface area (Å²) in [4.78, 5) is 0. The van der Waals surface area contributed by atoms with E-state index >= 15 is 0 Å². The molecule has 0 aromatic carbocycles. The van der Waals surface area contributed by atoms with E-state index in [2.05, 4.69) is 37.7 Å². The second-order valence-electron chi connectivity index (χ2n) is 7.43. The summed E-state index contributed by atoms with van der Waals surface area (Å²) in [5.41, 5.74) is 1.07. The second kappa shape index (κ2) is 4.78. The first kappa shape index (κ1) is 15.5. The smallest absolute Gasteiger partial charge is 0.250 e. The zero-order valence-corrected chi connectivity index (χ0v) is 14.7. The average molecular weight is 329 g/mol. The first-order valence-corrected chi connectivity index (χ1v) is 9.84. The van der Waals surface area contributed by atoms with Crippen molar-refractivity contribution < 1.29 is 8.42 Å². The molecule has 0 spiro atoms. The predicted molar refractivity (Wildman–Crippen MR) is 85.9 cm³/mol. The van der Waals surface area contributed by atoms with E-state index in [0.29, 0.717) is 10.3 Å². The maximum Gasteiger partial charge on any atom is 0.250 e. The van der Waals surface area contributed by atoms with Gasteiger partial charge in [-0.3, -0.25) is 0 Å². The molecule has 2 N–H and O–H groups in total. The molecule has 2 saturated carbocycles. The third-order valence-electron chi connectivity index (χ3n) is 5.36. The summed E-state index contributed by atoms with van der Waals surface area (Å²) in [5.74, 6) is 0. The molecule has 0 bridgehead atoms. The van der Waals surface area contributed by atoms with Crippen LogP contribution < -0.4 is 10.0 Å². The van der Waals surface area contributed by atoms with Crippen LogP contribution in [0.1, 0.15) is 46.1 Å². The molecular formula is C15H24N2O2S2. The number of rotatable bonds is 6. The monoisotopic (exact) mass is 328 g/mol. The van der Waals surface area contributed by atoms with Gasteiger partial charge in [0.15, 0.2) is 0 Å². The number of nitrogens with one attached hydrogen (secondary N) is 2. The van der Waals surface area contributed by atoms with Crippen LogP contribution in [0.15, 0.2) is 15.7 Å². The van der Waals surface area contributed by atoms with Crippen molar-refractivity contribution in [2.24, 2.45) is 10.8 Å². The van der Waals surface area contributed by atoms with Crippen LogP contribution in [0.25, 0.3) is 0 Å². The molecule has 6 heteroatoms. The van der Waals surface area contributed by atoms with Crippen molar-refractivity contribution in [3.63, 3.8) is 0 Å². The van der Waals surface area contributed by atoms with Crippen LogP contribution in [-0.4, -0.2) is 20.5 Å². The lowest BCUT2D eigenvalue weighted by Crippen LogP contribution is -2.29. The van der Waals surface area contributed by atoms with E-state index < -0.39 is 10.0 Å². The molecule has 4 nitrogen and oxygen atoms in total. The Balaban J connectivity index is 1.67. The first-order chi connectivity index (χ1) is 9.64. The fourth-order valence-electron chi connectivity index (χ4n) is 2.84. The molecule has 0 aliphatic heterocycles. The Morgan fingerprint density at radius 2 is 1.86 bits per heavy atom. The van der Waals surface area contributed by atoms with Crippen LogP contribution in [0.4, 0.5) is 0 Å². The van der Waals surface area contributed by atoms with E-state index in [1.807, 2.05) is 5.38 Å². The highest BCUT2D eigenvalue weighted by atomic mass is 32.2. The topological polar surface area (TPSA) is 58.2 Å². The van der Waals surface area contributed by atoms with E-state index in [1.54, 1.807) is 6.07 Å². The normalized spacial score (nSPS) is 24.2. The molecule has 21 heavy (non-hydrogen) atoms. The Bertz CT molecular complexity index is 628. The van der Waals surface area contributed by atoms with Crippen LogP contribution in [-0.2, 0) is 16.6 Å². The molecule has 1 heterocycles. The highest BCUT2D eigenvalue weighted by molar-refractivity contribution is 7.91. The Kier molecular flexibility index (Phi) is 3.52. The predicted octanol–water partition coefficient (Wildman–Crippen LogP) is 2.71. The van der Waals surface area contributed by atoms with Gasteiger partial charge in [-0.2, -0.15) is 0 Å². The number of sulfonamides is 1. The van der Waals surface area contributed by atoms with Gasteiger partial charge in [0.25, 0.3) is 0 Å². The first-order valence-electron chi connectivity index (χ1n) is 7.48. The number of hydrogen-bond acceptors (Lipinski definition) is 4. The van der Waals surface area contributed by atoms with Gasteiger partial charge in [0.05, 0.1) is 0 Å². The second-order valence-corrected chi connectivity index (χ2v) is 10.3. The molecule has 3 rings (SSSR count). The van der Waals surface area contributed by atoms with Gasteiger partial charge >= 0.3 is 0 Å². The molecule has 2 fully saturated rings. The van der Waals surface area contributed by atoms with Crippen molar-refractivity contribution in [1.29, 1.82) is 0 Å². The largest absolute Gasteiger partial charge is 0.310 e. The minimum Gasteiger partial charge on any atom is -0.310 e. The lowest BCUT2D eigenvalue weighted by atomic mass is 10.0. The third kappa shape index (κ3) is 2.79. The van der Waals surface area contributed by atoms with Crippen molar-refractivity contribution in [2.45, 2.75) is 63.4 Å². The molecule has 1 aromatic rings. The Labute approximate surface area is 131 Å². The van der Waals surface area contributed by atoms with Crippen LogP contribution in [0.2, 0.25) is 0 Å². The van der Waals surface area contributed by atoms with E-state index in [4.69, 9.17) is 0 Å². The van der Waals surface area contributed by atoms with E-state index in [9.17, 15) is 8.42 Å². The summed E-state index contributed by atoms with van der Waals surface area (Å²) in [6.45, 7) is 9.20. The van der Waals surface area contributed by atoms with Crippen molar-refractivity contribution >= 4 is 21.4 Å². The summed E-state index contributed by atoms with van der Waals surface area (Å²) < 4.78 is 28.3. The fraction of sp³-hybridized carbons (Fsp3) is 0.733. The quantitative estimate of drug-likeness (QED) is 0.844. The Hall–Kier alpha value is -0.430. The standard InChI is InChI=1S/C15H24N2O2S2/c1-14(2)13(15(14,3)4)17-21(18,19)12-7-10(9-20-12)8-16-11-5-6-11/h7,9,11,13,16-17H,5-6,8H2,1-4H3. The third-order valence-corrected chi connectivity index (χ3v) is 8.27. The van der Waals surface area contributed by atoms with Crippen molar-refractivity contribution in [3.05, 3.63) is 17.0 Å². The van der Waals surface area contributed by atoms with Crippen molar-refractivity contribution in [3.8, 4) is 0 Å². The number of hydrogen-bond donors (Lipinski definition) is 2. The van der Waals surface area contributed by atoms with Gasteiger partial charge in [0, 0.05) is 18.6 Å². The van der Waals surface area contributed by atoms with Crippen molar-refractivity contribution in [1.82, 2.24) is 10.0 Å². The summed E-state index contributed by atoms with van der Waals surface area (Å²) in [6, 6.07) is 2.44. The molecular weight excluding hydrogens is 304 g/mol. The van der Waals surface area contributed by atoms with Gasteiger partial charge in [-0.15, -0.1) is 11.3 Å². The lowest BCUT2D eigenvalue weighted by Gasteiger charge is -2.06. The van der Waals surface area contributed by atoms with Gasteiger partial charge < -0.3 is 5.32 Å². The fourth-order valence-corrected chi connectivity index (χ4v) is 5.60. The van der Waals surface area contributed by atoms with E-state index in [1.165, 1.54) is 24.2 Å². The number of thiophene rings is 1. The molecule has 0 radical (unpaired) electrons. The zero-order valence-electron chi connectivity index (χ0n) is 13.1. The minimum atomic E-state index is -3.40. The average Bonchev–Trinajstić information content (AvgIpc) is 3.18. The molecule has 2 aliphatic rings. The van der Waals surface area contributed by atoms with Crippen LogP contribution >= 0.6 is 11.3 Å². The van der Waals surface area contributed by atoms with Crippen molar-refractivity contribution in [2.75, 3.05) is 0 Å². The van der Waals surface area contributed by atoms with E-state index in [0.717, 1.165) is 12.1 Å². The molecule has 1 aromatic heterocycles. The molecule has 0 unspecified atom stereocenters. The molecule has 2 aliphatic carbocycles. The maximum atomic E-state index is 12.5. The minimum absolute atomic E-state index is 0.00476. The SMILES string of the molecule is CC1(C)C(NS(=O)(=O)c2cc(CNC3CC3)cs2)C1(C)C. The van der Waals surface area contributed by atoms with E-state index in [-0.39, 0.29) is 16.9 Å². The van der Waals surface area contributed by atoms with Crippen LogP contribution in [0.5, 0.6) is 0 Å². The van der Waals surface area contributed by atoms with Crippen LogP contribution in [0, 0.1) is 10.8 Å². The van der Waals surface area contributed by atoms with Gasteiger partial charge in [0.2, 0.25) is 10.0 Å². The highest BCUT2D eigenvalue weighted by Gasteiger charge is 2.66. The summed E-state index contributed by atoms with van der Waals surface area (Å²) >= 11 is 1.31. The Morgan fingerprint density at radius 3 is 2.38 bits per heavy atom. The van der Waals surface area contributed by atoms with Gasteiger partial charge in [0.1, 0.15) is 4.21 Å². The summed E-state index contributed by atoms with van der Waals surface area (Å²) in [7, 11) is -3.40. The van der Waals surface area contributed by atoms with Crippen LogP contribution in [0.3, 0.4) is 0 Å². The molecule has 0 atom stereocenters. The zero-order chi connectivity index (χ0) is 15.5. The van der Waals surface area contributed by atoms with Gasteiger partial charge in [-0.1, -0.05) is 27.7 Å². The lowest BCUT2D eigenvalue weighted by molar-refractivity contribution is 0.457. The molecule has 0 amide bonds. The van der Waals surface area contributed by atoms with Gasteiger partial charge in [-0.05, 0) is 40.7 Å². The summed E-state index contributed by atoms with van der Waals surface area (Å²) in [5, 5.41) is 5.35. The maximum absolute atomic E-state index is 12.5. The summed E-state index contributed by atoms with van der Waals surface area (Å²) in [6.07, 6.45) is 2.48. The molecule has 118 valence electrons. The molecule has 0 saturated heterocycles. The van der Waals surface area contributed by atoms with Gasteiger partial charge in [-0.25, -0.2) is 13.1 Å². The Morgan fingerprint density at radius 1 is 1.24 bits per heavy atom.